The maximum Gasteiger partial charge on any atom is 0.318 e. The van der Waals surface area contributed by atoms with E-state index >= 15 is 0 Å². The minimum atomic E-state index is -0.359. The van der Waals surface area contributed by atoms with Crippen LogP contribution in [0.3, 0.4) is 0 Å². The first-order chi connectivity index (χ1) is 7.61. The Kier molecular flexibility index (Phi) is 1.95. The van der Waals surface area contributed by atoms with Crippen molar-refractivity contribution in [2.45, 2.75) is 5.54 Å². The van der Waals surface area contributed by atoms with Gasteiger partial charge in [-0.25, -0.2) is 4.79 Å². The Morgan fingerprint density at radius 2 is 2.38 bits per heavy atom. The van der Waals surface area contributed by atoms with Crippen LogP contribution in [0.2, 0.25) is 0 Å². The zero-order valence-electron chi connectivity index (χ0n) is 8.79. The quantitative estimate of drug-likeness (QED) is 0.787. The predicted molar refractivity (Wildman–Crippen MR) is 62.5 cm³/mol. The summed E-state index contributed by atoms with van der Waals surface area (Å²) in [6.45, 7) is 1.16. The Bertz CT molecular complexity index is 477. The van der Waals surface area contributed by atoms with E-state index in [0.717, 1.165) is 15.8 Å². The highest BCUT2D eigenvalue weighted by atomic mass is 79.9. The summed E-state index contributed by atoms with van der Waals surface area (Å²) in [5.74, 6) is 0.852. The minimum absolute atomic E-state index is 0.0423. The van der Waals surface area contributed by atoms with Gasteiger partial charge in [-0.2, -0.15) is 0 Å². The number of nitrogens with one attached hydrogen (secondary N) is 1. The van der Waals surface area contributed by atoms with Crippen LogP contribution in [0.5, 0.6) is 5.75 Å². The number of rotatable bonds is 0. The van der Waals surface area contributed by atoms with E-state index in [2.05, 4.69) is 21.2 Å². The summed E-state index contributed by atoms with van der Waals surface area (Å²) >= 11 is 3.41. The van der Waals surface area contributed by atoms with Crippen molar-refractivity contribution >= 4 is 22.0 Å². The van der Waals surface area contributed by atoms with E-state index in [1.54, 1.807) is 11.9 Å². The average molecular weight is 283 g/mol. The van der Waals surface area contributed by atoms with E-state index in [1.807, 2.05) is 18.2 Å². The van der Waals surface area contributed by atoms with E-state index in [1.165, 1.54) is 0 Å². The highest BCUT2D eigenvalue weighted by Crippen LogP contribution is 2.40. The number of carbonyl (C=O) groups excluding carboxylic acids is 1. The fourth-order valence-electron chi connectivity index (χ4n) is 2.34. The Balaban J connectivity index is 2.06. The fourth-order valence-corrected chi connectivity index (χ4v) is 2.68. The maximum absolute atomic E-state index is 11.6. The van der Waals surface area contributed by atoms with Crippen LogP contribution in [0.1, 0.15) is 5.56 Å². The van der Waals surface area contributed by atoms with Crippen LogP contribution < -0.4 is 10.1 Å². The van der Waals surface area contributed by atoms with Gasteiger partial charge in [0.1, 0.15) is 17.9 Å². The number of amides is 2. The Morgan fingerprint density at radius 1 is 1.56 bits per heavy atom. The summed E-state index contributed by atoms with van der Waals surface area (Å²) in [4.78, 5) is 13.2. The van der Waals surface area contributed by atoms with E-state index in [-0.39, 0.29) is 11.6 Å². The van der Waals surface area contributed by atoms with Crippen molar-refractivity contribution in [1.29, 1.82) is 0 Å². The van der Waals surface area contributed by atoms with E-state index in [4.69, 9.17) is 4.74 Å². The molecule has 1 aromatic carbocycles. The Morgan fingerprint density at radius 3 is 3.06 bits per heavy atom. The number of nitrogens with zero attached hydrogens (tertiary/aromatic N) is 1. The second-order valence-electron chi connectivity index (χ2n) is 4.30. The number of fused-ring (bicyclic) bond motifs is 2. The predicted octanol–water partition coefficient (Wildman–Crippen LogP) is 1.69. The molecule has 4 nitrogen and oxygen atoms in total. The van der Waals surface area contributed by atoms with Crippen molar-refractivity contribution in [3.05, 3.63) is 28.2 Å². The first kappa shape index (κ1) is 9.96. The van der Waals surface area contributed by atoms with Crippen LogP contribution >= 0.6 is 15.9 Å². The molecule has 2 aliphatic heterocycles. The number of ether oxygens (including phenoxy) is 1. The first-order valence-electron chi connectivity index (χ1n) is 5.07. The maximum atomic E-state index is 11.6. The molecular formula is C11H11BrN2O2. The van der Waals surface area contributed by atoms with Gasteiger partial charge < -0.3 is 15.0 Å². The van der Waals surface area contributed by atoms with Crippen molar-refractivity contribution in [3.8, 4) is 5.75 Å². The highest BCUT2D eigenvalue weighted by molar-refractivity contribution is 9.10. The number of hydrogen-bond acceptors (Lipinski definition) is 2. The number of likely N-dealkylation sites (N-methyl/N-ethyl adjacent to an activating group) is 1. The third kappa shape index (κ3) is 1.24. The molecule has 0 aromatic heterocycles. The van der Waals surface area contributed by atoms with Gasteiger partial charge >= 0.3 is 6.03 Å². The number of halogens is 1. The first-order valence-corrected chi connectivity index (χ1v) is 5.86. The molecular weight excluding hydrogens is 272 g/mol. The lowest BCUT2D eigenvalue weighted by Gasteiger charge is -2.20. The van der Waals surface area contributed by atoms with Crippen LogP contribution in [0, 0.1) is 0 Å². The molecule has 84 valence electrons. The zero-order valence-corrected chi connectivity index (χ0v) is 10.4. The fraction of sp³-hybridized carbons (Fsp3) is 0.364. The van der Waals surface area contributed by atoms with Gasteiger partial charge in [0.2, 0.25) is 0 Å². The summed E-state index contributed by atoms with van der Waals surface area (Å²) in [5, 5.41) is 3.00. The van der Waals surface area contributed by atoms with Crippen LogP contribution in [0.25, 0.3) is 0 Å². The van der Waals surface area contributed by atoms with Crippen LogP contribution in [0.4, 0.5) is 4.79 Å². The second kappa shape index (κ2) is 3.13. The summed E-state index contributed by atoms with van der Waals surface area (Å²) in [6, 6.07) is 5.87. The SMILES string of the molecule is CN1CC2(COc3cc(Br)ccc32)NC1=O. The molecule has 1 N–H and O–H groups in total. The van der Waals surface area contributed by atoms with Gasteiger partial charge in [-0.05, 0) is 12.1 Å². The molecule has 2 heterocycles. The lowest BCUT2D eigenvalue weighted by atomic mass is 9.93. The van der Waals surface area contributed by atoms with Gasteiger partial charge in [0.25, 0.3) is 0 Å². The Hall–Kier alpha value is -1.23. The van der Waals surface area contributed by atoms with Crippen molar-refractivity contribution in [3.63, 3.8) is 0 Å². The van der Waals surface area contributed by atoms with Crippen LogP contribution in [-0.2, 0) is 5.54 Å². The largest absolute Gasteiger partial charge is 0.490 e. The molecule has 1 saturated heterocycles. The molecule has 16 heavy (non-hydrogen) atoms. The number of hydrogen-bond donors (Lipinski definition) is 1. The van der Waals surface area contributed by atoms with Crippen LogP contribution in [-0.4, -0.2) is 31.1 Å². The topological polar surface area (TPSA) is 41.6 Å². The molecule has 0 saturated carbocycles. The lowest BCUT2D eigenvalue weighted by Crippen LogP contribution is -2.41. The highest BCUT2D eigenvalue weighted by Gasteiger charge is 2.48. The molecule has 1 aromatic rings. The Labute approximate surface area is 102 Å². The van der Waals surface area contributed by atoms with Crippen molar-refractivity contribution in [2.75, 3.05) is 20.2 Å². The van der Waals surface area contributed by atoms with Crippen LogP contribution in [0.15, 0.2) is 22.7 Å². The molecule has 2 aliphatic rings. The van der Waals surface area contributed by atoms with E-state index in [0.29, 0.717) is 13.2 Å². The number of carbonyl (C=O) groups is 1. The van der Waals surface area contributed by atoms with E-state index in [9.17, 15) is 4.79 Å². The van der Waals surface area contributed by atoms with Crippen molar-refractivity contribution in [2.24, 2.45) is 0 Å². The molecule has 1 unspecified atom stereocenters. The van der Waals surface area contributed by atoms with Crippen molar-refractivity contribution in [1.82, 2.24) is 10.2 Å². The van der Waals surface area contributed by atoms with Gasteiger partial charge in [0, 0.05) is 17.1 Å². The van der Waals surface area contributed by atoms with E-state index < -0.39 is 0 Å². The van der Waals surface area contributed by atoms with Gasteiger partial charge in [-0.15, -0.1) is 0 Å². The normalized spacial score (nSPS) is 26.9. The van der Waals surface area contributed by atoms with Crippen molar-refractivity contribution < 1.29 is 9.53 Å². The molecule has 1 fully saturated rings. The zero-order chi connectivity index (χ0) is 11.3. The standard InChI is InChI=1S/C11H11BrN2O2/c1-14-5-11(13-10(14)15)6-16-9-4-7(12)2-3-8(9)11/h2-4H,5-6H2,1H3,(H,13,15). The third-order valence-corrected chi connectivity index (χ3v) is 3.63. The summed E-state index contributed by atoms with van der Waals surface area (Å²) < 4.78 is 6.63. The minimum Gasteiger partial charge on any atom is -0.490 e. The number of benzene rings is 1. The van der Waals surface area contributed by atoms with Gasteiger partial charge in [0.05, 0.1) is 6.54 Å². The summed E-state index contributed by atoms with van der Waals surface area (Å²) in [6.07, 6.45) is 0. The molecule has 0 aliphatic carbocycles. The molecule has 0 bridgehead atoms. The average Bonchev–Trinajstić information content (AvgIpc) is 2.70. The molecule has 1 spiro atoms. The lowest BCUT2D eigenvalue weighted by molar-refractivity contribution is 0.225. The molecule has 3 rings (SSSR count). The molecule has 2 amide bonds. The van der Waals surface area contributed by atoms with Gasteiger partial charge in [-0.1, -0.05) is 22.0 Å². The molecule has 5 heteroatoms. The number of urea groups is 1. The van der Waals surface area contributed by atoms with Gasteiger partial charge in [-0.3, -0.25) is 0 Å². The third-order valence-electron chi connectivity index (χ3n) is 3.13. The summed E-state index contributed by atoms with van der Waals surface area (Å²) in [5.41, 5.74) is 0.704. The monoisotopic (exact) mass is 282 g/mol. The second-order valence-corrected chi connectivity index (χ2v) is 5.21. The van der Waals surface area contributed by atoms with Gasteiger partial charge in [0.15, 0.2) is 0 Å². The smallest absolute Gasteiger partial charge is 0.318 e. The summed E-state index contributed by atoms with van der Waals surface area (Å²) in [7, 11) is 1.79. The molecule has 0 radical (unpaired) electrons. The molecule has 1 atom stereocenters.